The number of carboxylic acid groups (broad SMARTS) is 1. The van der Waals surface area contributed by atoms with Crippen LogP contribution in [0.3, 0.4) is 0 Å². The monoisotopic (exact) mass is 681 g/mol. The summed E-state index contributed by atoms with van der Waals surface area (Å²) in [6.45, 7) is 1.95. The van der Waals surface area contributed by atoms with Crippen LogP contribution < -0.4 is 20.9 Å². The van der Waals surface area contributed by atoms with E-state index in [2.05, 4.69) is 16.0 Å². The van der Waals surface area contributed by atoms with Gasteiger partial charge in [-0.3, -0.25) is 14.4 Å². The summed E-state index contributed by atoms with van der Waals surface area (Å²) < 4.78 is 27.6. The lowest BCUT2D eigenvalue weighted by atomic mass is 10.0. The van der Waals surface area contributed by atoms with E-state index in [0.717, 1.165) is 9.21 Å². The molecule has 3 atom stereocenters. The van der Waals surface area contributed by atoms with Crippen LogP contribution in [0.1, 0.15) is 44.6 Å². The number of amides is 5. The second-order valence-electron chi connectivity index (χ2n) is 10.8. The number of sulfonamides is 1. The first-order valence-corrected chi connectivity index (χ1v) is 16.5. The van der Waals surface area contributed by atoms with Crippen LogP contribution in [0.15, 0.2) is 47.4 Å². The van der Waals surface area contributed by atoms with Crippen molar-refractivity contribution in [2.75, 3.05) is 18.0 Å². The molecule has 0 aliphatic carbocycles. The molecule has 4 N–H and O–H groups in total. The standard InChI is InChI=1S/C29H33Cl2N5O8S/c1-17(37)32-11-3-2-5-23-27(39)36(29(42)34-23)21-9-7-18(8-10-21)13-24(28(40)41)33-26(38)25-6-4-12-35(25)45(43,44)22-15-19(30)14-20(31)16-22/h7-10,14-16,23-25H,2-6,11-13H2,1H3,(H,32,37)(H,33,38)(H,34,42)(H,40,41)/t23?,24-,25-/m0/s1. The zero-order valence-electron chi connectivity index (χ0n) is 24.3. The summed E-state index contributed by atoms with van der Waals surface area (Å²) in [6, 6.07) is 6.18. The highest BCUT2D eigenvalue weighted by Crippen LogP contribution is 2.30. The molecule has 45 heavy (non-hydrogen) atoms. The van der Waals surface area contributed by atoms with Crippen LogP contribution in [0.4, 0.5) is 10.5 Å². The van der Waals surface area contributed by atoms with Crippen molar-refractivity contribution in [2.24, 2.45) is 0 Å². The van der Waals surface area contributed by atoms with Crippen LogP contribution in [0.25, 0.3) is 0 Å². The molecule has 2 aromatic rings. The first kappa shape index (κ1) is 34.2. The summed E-state index contributed by atoms with van der Waals surface area (Å²) in [5.41, 5.74) is 0.795. The Bertz CT molecular complexity index is 1570. The maximum absolute atomic E-state index is 13.3. The van der Waals surface area contributed by atoms with E-state index in [0.29, 0.717) is 43.5 Å². The lowest BCUT2D eigenvalue weighted by Gasteiger charge is -2.25. The molecule has 2 fully saturated rings. The molecule has 5 amide bonds. The van der Waals surface area contributed by atoms with E-state index in [9.17, 15) is 37.5 Å². The highest BCUT2D eigenvalue weighted by Gasteiger charge is 2.41. The number of carboxylic acids is 1. The molecule has 0 bridgehead atoms. The van der Waals surface area contributed by atoms with Gasteiger partial charge in [-0.1, -0.05) is 35.3 Å². The third kappa shape index (κ3) is 8.31. The number of nitrogens with zero attached hydrogens (tertiary/aromatic N) is 2. The first-order chi connectivity index (χ1) is 21.3. The summed E-state index contributed by atoms with van der Waals surface area (Å²) in [5, 5.41) is 17.9. The van der Waals surface area contributed by atoms with Gasteiger partial charge < -0.3 is 21.1 Å². The van der Waals surface area contributed by atoms with Crippen LogP contribution in [0, 0.1) is 0 Å². The average Bonchev–Trinajstić information content (AvgIpc) is 3.57. The highest BCUT2D eigenvalue weighted by atomic mass is 35.5. The third-order valence-corrected chi connectivity index (χ3v) is 9.83. The van der Waals surface area contributed by atoms with Gasteiger partial charge in [0.2, 0.25) is 21.8 Å². The lowest BCUT2D eigenvalue weighted by Crippen LogP contribution is -2.51. The van der Waals surface area contributed by atoms with E-state index in [1.54, 1.807) is 12.1 Å². The number of aliphatic carboxylic acids is 1. The Kier molecular flexibility index (Phi) is 11.1. The van der Waals surface area contributed by atoms with Gasteiger partial charge >= 0.3 is 12.0 Å². The maximum Gasteiger partial charge on any atom is 0.329 e. The van der Waals surface area contributed by atoms with Crippen molar-refractivity contribution >= 4 is 68.6 Å². The van der Waals surface area contributed by atoms with Gasteiger partial charge in [-0.25, -0.2) is 22.9 Å². The van der Waals surface area contributed by atoms with Crippen molar-refractivity contribution in [3.05, 3.63) is 58.1 Å². The molecule has 2 aliphatic rings. The number of hydrogen-bond donors (Lipinski definition) is 4. The minimum Gasteiger partial charge on any atom is -0.480 e. The molecule has 0 aromatic heterocycles. The first-order valence-electron chi connectivity index (χ1n) is 14.3. The Labute approximate surface area is 270 Å². The molecule has 0 radical (unpaired) electrons. The zero-order valence-corrected chi connectivity index (χ0v) is 26.6. The summed E-state index contributed by atoms with van der Waals surface area (Å²) in [5.74, 6) is -2.63. The lowest BCUT2D eigenvalue weighted by molar-refractivity contribution is -0.142. The van der Waals surface area contributed by atoms with Gasteiger partial charge in [0.25, 0.3) is 5.91 Å². The fourth-order valence-electron chi connectivity index (χ4n) is 5.30. The molecule has 4 rings (SSSR count). The molecule has 16 heteroatoms. The van der Waals surface area contributed by atoms with Gasteiger partial charge in [-0.2, -0.15) is 4.31 Å². The van der Waals surface area contributed by atoms with Crippen molar-refractivity contribution in [3.8, 4) is 0 Å². The molecule has 2 aromatic carbocycles. The van der Waals surface area contributed by atoms with Gasteiger partial charge in [0.1, 0.15) is 18.1 Å². The topological polar surface area (TPSA) is 182 Å². The van der Waals surface area contributed by atoms with E-state index in [1.807, 2.05) is 0 Å². The largest absolute Gasteiger partial charge is 0.480 e. The number of urea groups is 1. The number of imide groups is 1. The SMILES string of the molecule is CC(=O)NCCCCC1NC(=O)N(c2ccc(C[C@H](NC(=O)[C@@H]3CCCN3S(=O)(=O)c3cc(Cl)cc(Cl)c3)C(=O)O)cc2)C1=O. The van der Waals surface area contributed by atoms with Gasteiger partial charge in [-0.15, -0.1) is 0 Å². The predicted octanol–water partition coefficient (Wildman–Crippen LogP) is 2.69. The Morgan fingerprint density at radius 2 is 1.73 bits per heavy atom. The molecule has 1 unspecified atom stereocenters. The Balaban J connectivity index is 1.38. The second kappa shape index (κ2) is 14.6. The molecule has 0 saturated carbocycles. The number of carbonyl (C=O) groups is 5. The Morgan fingerprint density at radius 3 is 2.36 bits per heavy atom. The number of nitrogens with one attached hydrogen (secondary N) is 3. The molecule has 2 aliphatic heterocycles. The van der Waals surface area contributed by atoms with Crippen LogP contribution in [0.5, 0.6) is 0 Å². The van der Waals surface area contributed by atoms with Gasteiger partial charge in [0.05, 0.1) is 10.6 Å². The third-order valence-electron chi connectivity index (χ3n) is 7.51. The molecular formula is C29H33Cl2N5O8S. The number of unbranched alkanes of at least 4 members (excludes halogenated alkanes) is 1. The summed E-state index contributed by atoms with van der Waals surface area (Å²) in [7, 11) is -4.15. The van der Waals surface area contributed by atoms with E-state index in [4.69, 9.17) is 23.2 Å². The average molecular weight is 683 g/mol. The van der Waals surface area contributed by atoms with Crippen molar-refractivity contribution in [2.45, 2.75) is 68.5 Å². The van der Waals surface area contributed by atoms with E-state index in [-0.39, 0.29) is 40.2 Å². The smallest absolute Gasteiger partial charge is 0.329 e. The molecular weight excluding hydrogens is 649 g/mol. The van der Waals surface area contributed by atoms with Crippen LogP contribution in [0.2, 0.25) is 10.0 Å². The molecule has 0 spiro atoms. The number of benzene rings is 2. The normalized spacial score (nSPS) is 19.3. The quantitative estimate of drug-likeness (QED) is 0.184. The number of rotatable bonds is 13. The van der Waals surface area contributed by atoms with Crippen molar-refractivity contribution in [1.82, 2.24) is 20.3 Å². The van der Waals surface area contributed by atoms with Gasteiger partial charge in [0.15, 0.2) is 0 Å². The van der Waals surface area contributed by atoms with Crippen molar-refractivity contribution in [3.63, 3.8) is 0 Å². The van der Waals surface area contributed by atoms with Crippen LogP contribution in [-0.4, -0.2) is 78.8 Å². The van der Waals surface area contributed by atoms with Gasteiger partial charge in [0, 0.05) is 36.5 Å². The van der Waals surface area contributed by atoms with Crippen LogP contribution >= 0.6 is 23.2 Å². The zero-order chi connectivity index (χ0) is 32.9. The molecule has 13 nitrogen and oxygen atoms in total. The molecule has 2 heterocycles. The summed E-state index contributed by atoms with van der Waals surface area (Å²) in [6.07, 6.45) is 2.13. The summed E-state index contributed by atoms with van der Waals surface area (Å²) in [4.78, 5) is 62.6. The molecule has 242 valence electrons. The highest BCUT2D eigenvalue weighted by molar-refractivity contribution is 7.89. The van der Waals surface area contributed by atoms with Gasteiger partial charge in [-0.05, 0) is 68.0 Å². The fraction of sp³-hybridized carbons (Fsp3) is 0.414. The summed E-state index contributed by atoms with van der Waals surface area (Å²) >= 11 is 12.0. The number of hydrogen-bond acceptors (Lipinski definition) is 7. The van der Waals surface area contributed by atoms with Crippen molar-refractivity contribution < 1.29 is 37.5 Å². The minimum atomic E-state index is -4.15. The van der Waals surface area contributed by atoms with E-state index >= 15 is 0 Å². The fourth-order valence-corrected chi connectivity index (χ4v) is 7.68. The second-order valence-corrected chi connectivity index (χ2v) is 13.6. The Morgan fingerprint density at radius 1 is 1.07 bits per heavy atom. The maximum atomic E-state index is 13.3. The van der Waals surface area contributed by atoms with E-state index in [1.165, 1.54) is 37.3 Å². The number of anilines is 1. The van der Waals surface area contributed by atoms with E-state index < -0.39 is 52.0 Å². The van der Waals surface area contributed by atoms with Crippen LogP contribution in [-0.2, 0) is 35.6 Å². The van der Waals surface area contributed by atoms with Crippen molar-refractivity contribution in [1.29, 1.82) is 0 Å². The number of halogens is 2. The minimum absolute atomic E-state index is 0.0600. The Hall–Kier alpha value is -3.72. The number of carbonyl (C=O) groups excluding carboxylic acids is 4. The molecule has 2 saturated heterocycles. The predicted molar refractivity (Wildman–Crippen MR) is 165 cm³/mol.